The summed E-state index contributed by atoms with van der Waals surface area (Å²) in [6.45, 7) is 0. The minimum absolute atomic E-state index is 0.133. The highest BCUT2D eigenvalue weighted by molar-refractivity contribution is 6.09. The molecule has 1 aromatic rings. The first-order valence-electron chi connectivity index (χ1n) is 4.95. The van der Waals surface area contributed by atoms with Gasteiger partial charge in [0.05, 0.1) is 20.1 Å². The molecule has 1 aromatic carbocycles. The second kappa shape index (κ2) is 3.96. The standard InChI is InChI=1S/C12H12O4/c1-15-10-4-7-3-8(6-13)12(14)9(7)5-11(10)16-2/h4-6,8H,3H2,1-2H3. The normalized spacial score (nSPS) is 18.1. The van der Waals surface area contributed by atoms with Crippen molar-refractivity contribution in [2.45, 2.75) is 6.42 Å². The summed E-state index contributed by atoms with van der Waals surface area (Å²) < 4.78 is 10.3. The van der Waals surface area contributed by atoms with Gasteiger partial charge in [0.2, 0.25) is 0 Å². The van der Waals surface area contributed by atoms with E-state index in [2.05, 4.69) is 0 Å². The first-order chi connectivity index (χ1) is 7.71. The van der Waals surface area contributed by atoms with Crippen LogP contribution in [0.15, 0.2) is 12.1 Å². The Morgan fingerprint density at radius 1 is 1.25 bits per heavy atom. The highest BCUT2D eigenvalue weighted by atomic mass is 16.5. The lowest BCUT2D eigenvalue weighted by Crippen LogP contribution is -2.09. The van der Waals surface area contributed by atoms with Crippen LogP contribution >= 0.6 is 0 Å². The van der Waals surface area contributed by atoms with Crippen LogP contribution in [0.1, 0.15) is 15.9 Å². The minimum atomic E-state index is -0.549. The van der Waals surface area contributed by atoms with Crippen molar-refractivity contribution in [2.75, 3.05) is 14.2 Å². The van der Waals surface area contributed by atoms with Crippen LogP contribution in [0, 0.1) is 5.92 Å². The summed E-state index contributed by atoms with van der Waals surface area (Å²) in [5.74, 6) is 0.416. The zero-order chi connectivity index (χ0) is 11.7. The van der Waals surface area contributed by atoms with Gasteiger partial charge in [0.25, 0.3) is 0 Å². The first-order valence-corrected chi connectivity index (χ1v) is 4.95. The van der Waals surface area contributed by atoms with Gasteiger partial charge in [0.1, 0.15) is 6.29 Å². The topological polar surface area (TPSA) is 52.6 Å². The third kappa shape index (κ3) is 1.46. The molecule has 0 aromatic heterocycles. The number of rotatable bonds is 3. The van der Waals surface area contributed by atoms with Crippen LogP contribution in [0.5, 0.6) is 11.5 Å². The second-order valence-electron chi connectivity index (χ2n) is 3.68. The SMILES string of the molecule is COc1cc2c(cc1OC)C(=O)C(C=O)C2. The van der Waals surface area contributed by atoms with Crippen LogP contribution in [0.2, 0.25) is 0 Å². The van der Waals surface area contributed by atoms with Crippen molar-refractivity contribution in [1.82, 2.24) is 0 Å². The molecule has 0 radical (unpaired) electrons. The molecule has 1 aliphatic rings. The van der Waals surface area contributed by atoms with E-state index >= 15 is 0 Å². The quantitative estimate of drug-likeness (QED) is 0.568. The van der Waals surface area contributed by atoms with Gasteiger partial charge in [-0.05, 0) is 24.1 Å². The number of carbonyl (C=O) groups is 2. The summed E-state index contributed by atoms with van der Waals surface area (Å²) in [6.07, 6.45) is 1.15. The Bertz CT molecular complexity index is 451. The van der Waals surface area contributed by atoms with E-state index in [1.165, 1.54) is 14.2 Å². The fourth-order valence-electron chi connectivity index (χ4n) is 1.96. The molecule has 1 unspecified atom stereocenters. The van der Waals surface area contributed by atoms with Crippen molar-refractivity contribution in [2.24, 2.45) is 5.92 Å². The zero-order valence-corrected chi connectivity index (χ0v) is 9.15. The number of fused-ring (bicyclic) bond motifs is 1. The van der Waals surface area contributed by atoms with Gasteiger partial charge in [-0.3, -0.25) is 4.79 Å². The molecule has 1 atom stereocenters. The fraction of sp³-hybridized carbons (Fsp3) is 0.333. The van der Waals surface area contributed by atoms with E-state index in [0.29, 0.717) is 29.8 Å². The van der Waals surface area contributed by atoms with Crippen LogP contribution in [0.4, 0.5) is 0 Å². The smallest absolute Gasteiger partial charge is 0.173 e. The number of hydrogen-bond acceptors (Lipinski definition) is 4. The number of ketones is 1. The molecule has 0 amide bonds. The van der Waals surface area contributed by atoms with Crippen molar-refractivity contribution in [3.05, 3.63) is 23.3 Å². The molecule has 4 nitrogen and oxygen atoms in total. The lowest BCUT2D eigenvalue weighted by molar-refractivity contribution is -0.109. The van der Waals surface area contributed by atoms with Crippen molar-refractivity contribution < 1.29 is 19.1 Å². The highest BCUT2D eigenvalue weighted by Gasteiger charge is 2.31. The lowest BCUT2D eigenvalue weighted by atomic mass is 10.1. The van der Waals surface area contributed by atoms with Crippen molar-refractivity contribution in [1.29, 1.82) is 0 Å². The minimum Gasteiger partial charge on any atom is -0.493 e. The molecule has 2 rings (SSSR count). The predicted octanol–water partition coefficient (Wildman–Crippen LogP) is 1.26. The van der Waals surface area contributed by atoms with Crippen molar-refractivity contribution >= 4 is 12.1 Å². The summed E-state index contributed by atoms with van der Waals surface area (Å²) in [5.41, 5.74) is 1.41. The van der Waals surface area contributed by atoms with Crippen LogP contribution < -0.4 is 9.47 Å². The molecule has 0 heterocycles. The van der Waals surface area contributed by atoms with E-state index in [1.54, 1.807) is 12.1 Å². The lowest BCUT2D eigenvalue weighted by Gasteiger charge is -2.09. The molecule has 0 aliphatic heterocycles. The average Bonchev–Trinajstić information content (AvgIpc) is 2.63. The number of methoxy groups -OCH3 is 2. The Labute approximate surface area is 93.2 Å². The summed E-state index contributed by atoms with van der Waals surface area (Å²) in [7, 11) is 3.05. The molecule has 0 bridgehead atoms. The fourth-order valence-corrected chi connectivity index (χ4v) is 1.96. The molecular weight excluding hydrogens is 208 g/mol. The van der Waals surface area contributed by atoms with E-state index in [0.717, 1.165) is 5.56 Å². The van der Waals surface area contributed by atoms with Gasteiger partial charge in [-0.2, -0.15) is 0 Å². The molecule has 0 N–H and O–H groups in total. The molecule has 0 fully saturated rings. The van der Waals surface area contributed by atoms with E-state index in [4.69, 9.17) is 9.47 Å². The molecular formula is C12H12O4. The zero-order valence-electron chi connectivity index (χ0n) is 9.15. The van der Waals surface area contributed by atoms with Gasteiger partial charge in [-0.25, -0.2) is 0 Å². The molecule has 84 valence electrons. The predicted molar refractivity (Wildman–Crippen MR) is 57.1 cm³/mol. The third-order valence-electron chi connectivity index (χ3n) is 2.82. The number of carbonyl (C=O) groups excluding carboxylic acids is 2. The van der Waals surface area contributed by atoms with Gasteiger partial charge in [0.15, 0.2) is 17.3 Å². The summed E-state index contributed by atoms with van der Waals surface area (Å²) in [6, 6.07) is 3.40. The summed E-state index contributed by atoms with van der Waals surface area (Å²) in [5, 5.41) is 0. The van der Waals surface area contributed by atoms with Crippen LogP contribution in [0.3, 0.4) is 0 Å². The monoisotopic (exact) mass is 220 g/mol. The summed E-state index contributed by atoms with van der Waals surface area (Å²) >= 11 is 0. The molecule has 4 heteroatoms. The summed E-state index contributed by atoms with van der Waals surface area (Å²) in [4.78, 5) is 22.5. The number of benzene rings is 1. The Kier molecular flexibility index (Phi) is 2.64. The Balaban J connectivity index is 2.51. The van der Waals surface area contributed by atoms with Crippen molar-refractivity contribution in [3.63, 3.8) is 0 Å². The van der Waals surface area contributed by atoms with Gasteiger partial charge < -0.3 is 14.3 Å². The van der Waals surface area contributed by atoms with Gasteiger partial charge in [0, 0.05) is 5.56 Å². The Morgan fingerprint density at radius 3 is 2.44 bits per heavy atom. The molecule has 16 heavy (non-hydrogen) atoms. The Hall–Kier alpha value is -1.84. The van der Waals surface area contributed by atoms with Crippen LogP contribution in [0.25, 0.3) is 0 Å². The molecule has 1 aliphatic carbocycles. The van der Waals surface area contributed by atoms with Gasteiger partial charge in [-0.1, -0.05) is 0 Å². The number of ether oxygens (including phenoxy) is 2. The van der Waals surface area contributed by atoms with Crippen LogP contribution in [-0.4, -0.2) is 26.3 Å². The van der Waals surface area contributed by atoms with E-state index in [9.17, 15) is 9.59 Å². The number of Topliss-reactive ketones (excluding diaryl/α,β-unsaturated/α-hetero) is 1. The molecule has 0 saturated heterocycles. The average molecular weight is 220 g/mol. The van der Waals surface area contributed by atoms with E-state index < -0.39 is 5.92 Å². The molecule has 0 saturated carbocycles. The van der Waals surface area contributed by atoms with Crippen molar-refractivity contribution in [3.8, 4) is 11.5 Å². The molecule has 0 spiro atoms. The largest absolute Gasteiger partial charge is 0.493 e. The third-order valence-corrected chi connectivity index (χ3v) is 2.82. The second-order valence-corrected chi connectivity index (χ2v) is 3.68. The van der Waals surface area contributed by atoms with Crippen LogP contribution in [-0.2, 0) is 11.2 Å². The maximum Gasteiger partial charge on any atom is 0.173 e. The number of aldehydes is 1. The van der Waals surface area contributed by atoms with E-state index in [-0.39, 0.29) is 5.78 Å². The van der Waals surface area contributed by atoms with E-state index in [1.807, 2.05) is 0 Å². The van der Waals surface area contributed by atoms with Gasteiger partial charge >= 0.3 is 0 Å². The number of hydrogen-bond donors (Lipinski definition) is 0. The maximum atomic E-state index is 11.8. The van der Waals surface area contributed by atoms with Gasteiger partial charge in [-0.15, -0.1) is 0 Å². The first kappa shape index (κ1) is 10.7. The Morgan fingerprint density at radius 2 is 1.88 bits per heavy atom. The maximum absolute atomic E-state index is 11.8. The highest BCUT2D eigenvalue weighted by Crippen LogP contribution is 2.36.